The highest BCUT2D eigenvalue weighted by Gasteiger charge is 2.50. The second-order valence-electron chi connectivity index (χ2n) is 7.71. The quantitative estimate of drug-likeness (QED) is 0.671. The second-order valence-corrected chi connectivity index (χ2v) is 7.71. The van der Waals surface area contributed by atoms with Gasteiger partial charge in [0.2, 0.25) is 0 Å². The normalized spacial score (nSPS) is 32.4. The summed E-state index contributed by atoms with van der Waals surface area (Å²) in [6.07, 6.45) is 0.420. The van der Waals surface area contributed by atoms with E-state index in [9.17, 15) is 9.90 Å². The van der Waals surface area contributed by atoms with Crippen LogP contribution in [0.25, 0.3) is 0 Å². The predicted octanol–water partition coefficient (Wildman–Crippen LogP) is 2.79. The van der Waals surface area contributed by atoms with Crippen LogP contribution in [0.4, 0.5) is 0 Å². The summed E-state index contributed by atoms with van der Waals surface area (Å²) in [6.45, 7) is 7.28. The monoisotopic (exact) mass is 346 g/mol. The molecule has 2 heterocycles. The lowest BCUT2D eigenvalue weighted by atomic mass is 9.95. The molecule has 0 saturated carbocycles. The molecule has 1 unspecified atom stereocenters. The molecule has 0 aromatic heterocycles. The van der Waals surface area contributed by atoms with E-state index in [2.05, 4.69) is 0 Å². The van der Waals surface area contributed by atoms with Gasteiger partial charge in [-0.1, -0.05) is 42.5 Å². The van der Waals surface area contributed by atoms with Crippen molar-refractivity contribution >= 4 is 5.97 Å². The number of benzene rings is 1. The Hall–Kier alpha value is -1.69. The van der Waals surface area contributed by atoms with Gasteiger partial charge < -0.3 is 19.3 Å². The van der Waals surface area contributed by atoms with E-state index in [0.717, 1.165) is 5.56 Å². The van der Waals surface area contributed by atoms with E-state index < -0.39 is 29.8 Å². The van der Waals surface area contributed by atoms with Crippen molar-refractivity contribution in [1.29, 1.82) is 0 Å². The first-order valence-corrected chi connectivity index (χ1v) is 8.71. The van der Waals surface area contributed by atoms with Gasteiger partial charge in [-0.05, 0) is 33.3 Å². The number of aliphatic hydroxyl groups excluding tert-OH is 1. The zero-order valence-corrected chi connectivity index (χ0v) is 15.1. The molecule has 6 atom stereocenters. The molecular weight excluding hydrogens is 320 g/mol. The van der Waals surface area contributed by atoms with Crippen LogP contribution in [-0.4, -0.2) is 41.6 Å². The Kier molecular flexibility index (Phi) is 5.00. The molecule has 2 aliphatic heterocycles. The van der Waals surface area contributed by atoms with Crippen LogP contribution < -0.4 is 0 Å². The zero-order chi connectivity index (χ0) is 18.2. The van der Waals surface area contributed by atoms with Crippen molar-refractivity contribution in [3.63, 3.8) is 0 Å². The summed E-state index contributed by atoms with van der Waals surface area (Å²) in [7, 11) is 0. The molecule has 0 radical (unpaired) electrons. The number of rotatable bonds is 4. The molecule has 1 aromatic carbocycles. The van der Waals surface area contributed by atoms with E-state index in [1.807, 2.05) is 49.4 Å². The smallest absolute Gasteiger partial charge is 0.311 e. The van der Waals surface area contributed by atoms with E-state index in [-0.39, 0.29) is 18.2 Å². The van der Waals surface area contributed by atoms with Crippen LogP contribution in [0.2, 0.25) is 0 Å². The number of esters is 1. The van der Waals surface area contributed by atoms with Crippen LogP contribution in [0.15, 0.2) is 42.5 Å². The SMILES string of the molecule is CC(O[C@@H]1[C@@H](O)[C@@H](OC(=O)C(C)(C)C)[C@@H]2C=C[C@H]1O2)c1ccccc1. The maximum atomic E-state index is 12.3. The molecule has 1 fully saturated rings. The highest BCUT2D eigenvalue weighted by molar-refractivity contribution is 5.75. The first-order chi connectivity index (χ1) is 11.8. The van der Waals surface area contributed by atoms with Gasteiger partial charge in [-0.2, -0.15) is 0 Å². The zero-order valence-electron chi connectivity index (χ0n) is 15.1. The van der Waals surface area contributed by atoms with E-state index >= 15 is 0 Å². The first-order valence-electron chi connectivity index (χ1n) is 8.71. The molecule has 5 nitrogen and oxygen atoms in total. The van der Waals surface area contributed by atoms with E-state index in [4.69, 9.17) is 14.2 Å². The maximum Gasteiger partial charge on any atom is 0.311 e. The van der Waals surface area contributed by atoms with Crippen molar-refractivity contribution in [3.05, 3.63) is 48.0 Å². The molecule has 5 heteroatoms. The Morgan fingerprint density at radius 1 is 1.12 bits per heavy atom. The van der Waals surface area contributed by atoms with Gasteiger partial charge in [0.25, 0.3) is 0 Å². The summed E-state index contributed by atoms with van der Waals surface area (Å²) < 4.78 is 17.5. The Balaban J connectivity index is 1.74. The topological polar surface area (TPSA) is 65.0 Å². The van der Waals surface area contributed by atoms with E-state index in [0.29, 0.717) is 0 Å². The fraction of sp³-hybridized carbons (Fsp3) is 0.550. The number of aliphatic hydroxyl groups is 1. The Bertz CT molecular complexity index is 633. The van der Waals surface area contributed by atoms with E-state index in [1.165, 1.54) is 0 Å². The highest BCUT2D eigenvalue weighted by Crippen LogP contribution is 2.35. The number of carbonyl (C=O) groups is 1. The summed E-state index contributed by atoms with van der Waals surface area (Å²) in [4.78, 5) is 12.3. The minimum atomic E-state index is -0.948. The number of fused-ring (bicyclic) bond motifs is 2. The van der Waals surface area contributed by atoms with Gasteiger partial charge in [-0.25, -0.2) is 0 Å². The third-order valence-corrected chi connectivity index (χ3v) is 4.61. The molecule has 1 saturated heterocycles. The lowest BCUT2D eigenvalue weighted by Gasteiger charge is -2.41. The van der Waals surface area contributed by atoms with Crippen molar-refractivity contribution < 1.29 is 24.1 Å². The van der Waals surface area contributed by atoms with Gasteiger partial charge in [0.05, 0.1) is 11.5 Å². The number of ether oxygens (including phenoxy) is 3. The van der Waals surface area contributed by atoms with Crippen LogP contribution in [0, 0.1) is 5.41 Å². The molecule has 25 heavy (non-hydrogen) atoms. The minimum absolute atomic E-state index is 0.214. The third kappa shape index (κ3) is 3.78. The molecule has 2 aliphatic rings. The summed E-state index contributed by atoms with van der Waals surface area (Å²) in [5.41, 5.74) is 0.370. The van der Waals surface area contributed by atoms with Crippen molar-refractivity contribution in [2.75, 3.05) is 0 Å². The largest absolute Gasteiger partial charge is 0.456 e. The van der Waals surface area contributed by atoms with Crippen molar-refractivity contribution in [2.45, 2.75) is 64.3 Å². The van der Waals surface area contributed by atoms with Gasteiger partial charge in [-0.15, -0.1) is 0 Å². The lowest BCUT2D eigenvalue weighted by molar-refractivity contribution is -0.229. The maximum absolute atomic E-state index is 12.3. The summed E-state index contributed by atoms with van der Waals surface area (Å²) in [5.74, 6) is -0.367. The molecule has 136 valence electrons. The van der Waals surface area contributed by atoms with Crippen molar-refractivity contribution in [3.8, 4) is 0 Å². The standard InChI is InChI=1S/C20H26O5/c1-12(13-8-6-5-7-9-13)23-17-14-10-11-15(24-14)18(16(17)21)25-19(22)20(2,3)4/h5-12,14-18,21H,1-4H3/t12?,14-,15+,16-,17+,18+/m1/s1. The van der Waals surface area contributed by atoms with Crippen LogP contribution >= 0.6 is 0 Å². The molecular formula is C20H26O5. The van der Waals surface area contributed by atoms with Crippen LogP contribution in [0.1, 0.15) is 39.4 Å². The van der Waals surface area contributed by atoms with Crippen LogP contribution in [-0.2, 0) is 19.0 Å². The predicted molar refractivity (Wildman–Crippen MR) is 92.9 cm³/mol. The Labute approximate surface area is 148 Å². The second kappa shape index (κ2) is 6.90. The summed E-state index contributed by atoms with van der Waals surface area (Å²) in [6, 6.07) is 9.79. The molecule has 3 rings (SSSR count). The summed E-state index contributed by atoms with van der Waals surface area (Å²) in [5, 5.41) is 10.8. The number of carbonyl (C=O) groups excluding carboxylic acids is 1. The molecule has 0 spiro atoms. The fourth-order valence-electron chi connectivity index (χ4n) is 3.07. The minimum Gasteiger partial charge on any atom is -0.456 e. The molecule has 1 aromatic rings. The highest BCUT2D eigenvalue weighted by atomic mass is 16.6. The van der Waals surface area contributed by atoms with Gasteiger partial charge in [0.15, 0.2) is 6.10 Å². The molecule has 1 N–H and O–H groups in total. The van der Waals surface area contributed by atoms with Gasteiger partial charge in [0, 0.05) is 0 Å². The van der Waals surface area contributed by atoms with Crippen molar-refractivity contribution in [2.24, 2.45) is 5.41 Å². The third-order valence-electron chi connectivity index (χ3n) is 4.61. The van der Waals surface area contributed by atoms with Gasteiger partial charge in [0.1, 0.15) is 24.4 Å². The number of hydrogen-bond acceptors (Lipinski definition) is 5. The van der Waals surface area contributed by atoms with Crippen LogP contribution in [0.5, 0.6) is 0 Å². The van der Waals surface area contributed by atoms with E-state index in [1.54, 1.807) is 20.8 Å². The first kappa shape index (κ1) is 18.1. The van der Waals surface area contributed by atoms with Gasteiger partial charge >= 0.3 is 5.97 Å². The fourth-order valence-corrected chi connectivity index (χ4v) is 3.07. The average molecular weight is 346 g/mol. The molecule has 0 aliphatic carbocycles. The van der Waals surface area contributed by atoms with Crippen LogP contribution in [0.3, 0.4) is 0 Å². The van der Waals surface area contributed by atoms with Gasteiger partial charge in [-0.3, -0.25) is 4.79 Å². The Morgan fingerprint density at radius 3 is 2.32 bits per heavy atom. The Morgan fingerprint density at radius 2 is 1.72 bits per heavy atom. The average Bonchev–Trinajstić information content (AvgIpc) is 3.01. The lowest BCUT2D eigenvalue weighted by Crippen LogP contribution is -2.57. The number of hydrogen-bond donors (Lipinski definition) is 1. The molecule has 0 amide bonds. The summed E-state index contributed by atoms with van der Waals surface area (Å²) >= 11 is 0. The molecule has 2 bridgehead atoms. The van der Waals surface area contributed by atoms with Crippen molar-refractivity contribution in [1.82, 2.24) is 0 Å².